The summed E-state index contributed by atoms with van der Waals surface area (Å²) in [6.45, 7) is 1.71. The number of aryl methyl sites for hydroxylation is 2. The first kappa shape index (κ1) is 18.9. The van der Waals surface area contributed by atoms with E-state index in [1.165, 1.54) is 10.6 Å². The fourth-order valence-electron chi connectivity index (χ4n) is 3.94. The number of aromatic nitrogens is 5. The average molecular weight is 418 g/mol. The van der Waals surface area contributed by atoms with Crippen LogP contribution in [-0.2, 0) is 13.6 Å². The summed E-state index contributed by atoms with van der Waals surface area (Å²) < 4.78 is 20.0. The van der Waals surface area contributed by atoms with Gasteiger partial charge in [-0.15, -0.1) is 0 Å². The van der Waals surface area contributed by atoms with E-state index in [1.54, 1.807) is 41.9 Å². The molecule has 9 heteroatoms. The van der Waals surface area contributed by atoms with Crippen molar-refractivity contribution < 1.29 is 4.39 Å². The summed E-state index contributed by atoms with van der Waals surface area (Å²) in [4.78, 5) is 30.9. The Morgan fingerprint density at radius 1 is 1.06 bits per heavy atom. The number of imidazole rings is 2. The topological polar surface area (TPSA) is 92.2 Å². The molecule has 5 aromatic rings. The van der Waals surface area contributed by atoms with Gasteiger partial charge in [0.2, 0.25) is 5.78 Å². The predicted molar refractivity (Wildman–Crippen MR) is 116 cm³/mol. The van der Waals surface area contributed by atoms with Gasteiger partial charge in [-0.25, -0.2) is 9.18 Å². The van der Waals surface area contributed by atoms with Crippen molar-refractivity contribution in [1.82, 2.24) is 23.1 Å². The summed E-state index contributed by atoms with van der Waals surface area (Å²) in [7, 11) is 1.54. The number of fused-ring (bicyclic) bond motifs is 3. The molecule has 2 aromatic carbocycles. The van der Waals surface area contributed by atoms with E-state index in [9.17, 15) is 14.0 Å². The first-order valence-corrected chi connectivity index (χ1v) is 9.66. The van der Waals surface area contributed by atoms with E-state index < -0.39 is 17.1 Å². The smallest absolute Gasteiger partial charge is 0.332 e. The largest absolute Gasteiger partial charge is 0.397 e. The summed E-state index contributed by atoms with van der Waals surface area (Å²) in [6, 6.07) is 13.4. The molecule has 3 aromatic heterocycles. The number of halogens is 1. The van der Waals surface area contributed by atoms with Gasteiger partial charge in [-0.05, 0) is 25.1 Å². The van der Waals surface area contributed by atoms with Crippen LogP contribution in [0.1, 0.15) is 11.3 Å². The molecular weight excluding hydrogens is 399 g/mol. The van der Waals surface area contributed by atoms with E-state index in [-0.39, 0.29) is 23.3 Å². The lowest BCUT2D eigenvalue weighted by molar-refractivity contribution is 0.582. The van der Waals surface area contributed by atoms with Gasteiger partial charge >= 0.3 is 5.69 Å². The van der Waals surface area contributed by atoms with Crippen LogP contribution in [0.2, 0.25) is 0 Å². The number of nitrogen functional groups attached to an aromatic ring is 1. The second-order valence-corrected chi connectivity index (χ2v) is 7.44. The van der Waals surface area contributed by atoms with Crippen LogP contribution in [0.25, 0.3) is 22.6 Å². The highest BCUT2D eigenvalue weighted by Gasteiger charge is 2.21. The van der Waals surface area contributed by atoms with Gasteiger partial charge in [-0.3, -0.25) is 22.9 Å². The summed E-state index contributed by atoms with van der Waals surface area (Å²) in [5.74, 6) is -0.0160. The van der Waals surface area contributed by atoms with Gasteiger partial charge < -0.3 is 5.73 Å². The second-order valence-electron chi connectivity index (χ2n) is 7.44. The van der Waals surface area contributed by atoms with Crippen LogP contribution >= 0.6 is 0 Å². The third kappa shape index (κ3) is 2.70. The molecule has 8 nitrogen and oxygen atoms in total. The standard InChI is InChI=1S/C22H19FN6O2/c1-13-11-27-18-19(25-21(27)29(13)17-10-6-5-9-16(17)24)26(2)22(31)28(20(18)30)12-14-7-3-4-8-15(14)23/h3-11H,12,24H2,1-2H3. The summed E-state index contributed by atoms with van der Waals surface area (Å²) in [6.07, 6.45) is 1.77. The highest BCUT2D eigenvalue weighted by Crippen LogP contribution is 2.24. The molecule has 31 heavy (non-hydrogen) atoms. The minimum atomic E-state index is -0.566. The molecule has 0 amide bonds. The highest BCUT2D eigenvalue weighted by atomic mass is 19.1. The predicted octanol–water partition coefficient (Wildman–Crippen LogP) is 2.22. The number of benzene rings is 2. The van der Waals surface area contributed by atoms with Crippen molar-refractivity contribution >= 4 is 22.6 Å². The Morgan fingerprint density at radius 3 is 2.52 bits per heavy atom. The Morgan fingerprint density at radius 2 is 1.77 bits per heavy atom. The number of rotatable bonds is 3. The monoisotopic (exact) mass is 418 g/mol. The van der Waals surface area contributed by atoms with Crippen molar-refractivity contribution in [3.05, 3.63) is 92.6 Å². The van der Waals surface area contributed by atoms with Crippen molar-refractivity contribution in [2.24, 2.45) is 7.05 Å². The van der Waals surface area contributed by atoms with Crippen molar-refractivity contribution in [2.75, 3.05) is 5.73 Å². The quantitative estimate of drug-likeness (QED) is 0.455. The maximum absolute atomic E-state index is 14.2. The minimum absolute atomic E-state index is 0.174. The van der Waals surface area contributed by atoms with E-state index in [2.05, 4.69) is 4.98 Å². The van der Waals surface area contributed by atoms with Gasteiger partial charge in [0.1, 0.15) is 5.82 Å². The molecule has 156 valence electrons. The zero-order chi connectivity index (χ0) is 21.9. The fraction of sp³-hybridized carbons (Fsp3) is 0.136. The summed E-state index contributed by atoms with van der Waals surface area (Å²) in [5.41, 5.74) is 7.90. The molecule has 5 rings (SSSR count). The summed E-state index contributed by atoms with van der Waals surface area (Å²) in [5, 5.41) is 0. The zero-order valence-corrected chi connectivity index (χ0v) is 16.9. The van der Waals surface area contributed by atoms with Crippen LogP contribution in [0.15, 0.2) is 64.3 Å². The summed E-state index contributed by atoms with van der Waals surface area (Å²) >= 11 is 0. The lowest BCUT2D eigenvalue weighted by Crippen LogP contribution is -2.39. The molecule has 0 spiro atoms. The number of para-hydroxylation sites is 2. The molecule has 0 radical (unpaired) electrons. The molecule has 0 saturated heterocycles. The number of nitrogens with zero attached hydrogens (tertiary/aromatic N) is 5. The fourth-order valence-corrected chi connectivity index (χ4v) is 3.94. The first-order chi connectivity index (χ1) is 14.9. The first-order valence-electron chi connectivity index (χ1n) is 9.66. The van der Waals surface area contributed by atoms with E-state index >= 15 is 0 Å². The zero-order valence-electron chi connectivity index (χ0n) is 16.9. The number of anilines is 1. The maximum atomic E-state index is 14.2. The van der Waals surface area contributed by atoms with Gasteiger partial charge in [0.15, 0.2) is 11.2 Å². The Bertz CT molecular complexity index is 1600. The second kappa shape index (κ2) is 6.69. The average Bonchev–Trinajstić information content (AvgIpc) is 3.26. The number of nitrogens with two attached hydrogens (primary N) is 1. The Labute approximate surface area is 175 Å². The van der Waals surface area contributed by atoms with Crippen LogP contribution < -0.4 is 17.0 Å². The third-order valence-electron chi connectivity index (χ3n) is 5.49. The molecule has 0 aliphatic carbocycles. The van der Waals surface area contributed by atoms with Crippen LogP contribution in [0.3, 0.4) is 0 Å². The lowest BCUT2D eigenvalue weighted by atomic mass is 10.2. The van der Waals surface area contributed by atoms with Crippen LogP contribution in [-0.4, -0.2) is 23.1 Å². The molecule has 0 bridgehead atoms. The van der Waals surface area contributed by atoms with E-state index in [1.807, 2.05) is 29.7 Å². The van der Waals surface area contributed by atoms with Gasteiger partial charge in [0, 0.05) is 24.5 Å². The number of hydrogen-bond donors (Lipinski definition) is 1. The minimum Gasteiger partial charge on any atom is -0.397 e. The van der Waals surface area contributed by atoms with Crippen LogP contribution in [0, 0.1) is 12.7 Å². The van der Waals surface area contributed by atoms with Crippen molar-refractivity contribution in [2.45, 2.75) is 13.5 Å². The van der Waals surface area contributed by atoms with Crippen molar-refractivity contribution in [3.8, 4) is 5.69 Å². The van der Waals surface area contributed by atoms with Gasteiger partial charge in [-0.1, -0.05) is 30.3 Å². The van der Waals surface area contributed by atoms with Crippen molar-refractivity contribution in [1.29, 1.82) is 0 Å². The molecule has 0 aliphatic rings. The molecular formula is C22H19FN6O2. The molecule has 0 aliphatic heterocycles. The molecule has 0 unspecified atom stereocenters. The van der Waals surface area contributed by atoms with E-state index in [0.717, 1.165) is 15.9 Å². The molecule has 3 heterocycles. The maximum Gasteiger partial charge on any atom is 0.332 e. The van der Waals surface area contributed by atoms with Crippen LogP contribution in [0.4, 0.5) is 10.1 Å². The van der Waals surface area contributed by atoms with Gasteiger partial charge in [0.25, 0.3) is 5.56 Å². The Kier molecular flexibility index (Phi) is 4.07. The van der Waals surface area contributed by atoms with Gasteiger partial charge in [0.05, 0.1) is 17.9 Å². The number of hydrogen-bond acceptors (Lipinski definition) is 4. The van der Waals surface area contributed by atoms with E-state index in [0.29, 0.717) is 11.5 Å². The van der Waals surface area contributed by atoms with E-state index in [4.69, 9.17) is 5.73 Å². The van der Waals surface area contributed by atoms with Gasteiger partial charge in [-0.2, -0.15) is 4.98 Å². The molecule has 2 N–H and O–H groups in total. The lowest BCUT2D eigenvalue weighted by Gasteiger charge is -2.09. The van der Waals surface area contributed by atoms with Crippen molar-refractivity contribution in [3.63, 3.8) is 0 Å². The normalized spacial score (nSPS) is 11.6. The Hall–Kier alpha value is -4.14. The molecule has 0 atom stereocenters. The molecule has 0 fully saturated rings. The molecule has 0 saturated carbocycles. The highest BCUT2D eigenvalue weighted by molar-refractivity contribution is 5.77. The third-order valence-corrected chi connectivity index (χ3v) is 5.49. The Balaban J connectivity index is 1.83. The SMILES string of the molecule is Cc1cn2c3c(=O)n(Cc4ccccc4F)c(=O)n(C)c3nc2n1-c1ccccc1N. The van der Waals surface area contributed by atoms with Crippen LogP contribution in [0.5, 0.6) is 0 Å².